The summed E-state index contributed by atoms with van der Waals surface area (Å²) in [6, 6.07) is 7.73. The molecule has 8 heteroatoms. The maximum absolute atomic E-state index is 12.1. The molecule has 1 aliphatic heterocycles. The van der Waals surface area contributed by atoms with Crippen molar-refractivity contribution in [3.05, 3.63) is 35.7 Å². The van der Waals surface area contributed by atoms with E-state index in [2.05, 4.69) is 10.2 Å². The van der Waals surface area contributed by atoms with Gasteiger partial charge in [-0.15, -0.1) is 10.2 Å². The molecule has 144 valence electrons. The first-order chi connectivity index (χ1) is 13.0. The lowest BCUT2D eigenvalue weighted by atomic mass is 10.1. The smallest absolute Gasteiger partial charge is 0.306 e. The largest absolute Gasteiger partial charge is 0.456 e. The van der Waals surface area contributed by atoms with Crippen LogP contribution in [-0.4, -0.2) is 59.4 Å². The summed E-state index contributed by atoms with van der Waals surface area (Å²) >= 11 is 0. The molecule has 1 unspecified atom stereocenters. The summed E-state index contributed by atoms with van der Waals surface area (Å²) in [5.74, 6) is 0.0866. The quantitative estimate of drug-likeness (QED) is 0.712. The van der Waals surface area contributed by atoms with Gasteiger partial charge in [-0.25, -0.2) is 0 Å². The van der Waals surface area contributed by atoms with Crippen molar-refractivity contribution in [3.63, 3.8) is 0 Å². The maximum Gasteiger partial charge on any atom is 0.306 e. The summed E-state index contributed by atoms with van der Waals surface area (Å²) in [7, 11) is 0. The zero-order valence-corrected chi connectivity index (χ0v) is 15.5. The molecule has 2 heterocycles. The van der Waals surface area contributed by atoms with E-state index in [1.165, 1.54) is 0 Å². The Morgan fingerprint density at radius 3 is 2.78 bits per heavy atom. The molecule has 1 aromatic carbocycles. The number of esters is 1. The van der Waals surface area contributed by atoms with Crippen molar-refractivity contribution in [3.8, 4) is 11.5 Å². The van der Waals surface area contributed by atoms with Gasteiger partial charge in [-0.2, -0.15) is 0 Å². The van der Waals surface area contributed by atoms with Crippen molar-refractivity contribution in [2.75, 3.05) is 26.3 Å². The summed E-state index contributed by atoms with van der Waals surface area (Å²) in [6.07, 6.45) is 0.335. The van der Waals surface area contributed by atoms with Gasteiger partial charge in [-0.3, -0.25) is 9.59 Å². The first-order valence-corrected chi connectivity index (χ1v) is 8.95. The number of benzene rings is 1. The van der Waals surface area contributed by atoms with Crippen molar-refractivity contribution in [2.24, 2.45) is 0 Å². The first kappa shape index (κ1) is 19.0. The van der Waals surface area contributed by atoms with Crippen molar-refractivity contribution >= 4 is 11.9 Å². The fourth-order valence-corrected chi connectivity index (χ4v) is 2.73. The van der Waals surface area contributed by atoms with Crippen LogP contribution in [0.4, 0.5) is 0 Å². The Morgan fingerprint density at radius 1 is 1.26 bits per heavy atom. The third kappa shape index (κ3) is 5.37. The fourth-order valence-electron chi connectivity index (χ4n) is 2.73. The molecule has 27 heavy (non-hydrogen) atoms. The highest BCUT2D eigenvalue weighted by atomic mass is 16.5. The Kier molecular flexibility index (Phi) is 6.18. The van der Waals surface area contributed by atoms with Crippen LogP contribution in [0.25, 0.3) is 11.5 Å². The van der Waals surface area contributed by atoms with Gasteiger partial charge in [0.25, 0.3) is 5.91 Å². The number of hydrogen-bond donors (Lipinski definition) is 0. The SMILES string of the molecule is Cc1ccc(-c2nnc(CCC(=O)OCC(=O)N3CCOC(C)C3)o2)cc1. The number of amides is 1. The van der Waals surface area contributed by atoms with Gasteiger partial charge < -0.3 is 18.8 Å². The van der Waals surface area contributed by atoms with Crippen molar-refractivity contribution in [1.29, 1.82) is 0 Å². The Morgan fingerprint density at radius 2 is 2.04 bits per heavy atom. The summed E-state index contributed by atoms with van der Waals surface area (Å²) < 4.78 is 16.0. The molecule has 0 aliphatic carbocycles. The van der Waals surface area contributed by atoms with E-state index in [1.54, 1.807) is 4.90 Å². The molecule has 1 fully saturated rings. The van der Waals surface area contributed by atoms with Crippen molar-refractivity contribution < 1.29 is 23.5 Å². The molecule has 0 bridgehead atoms. The second-order valence-electron chi connectivity index (χ2n) is 6.55. The maximum atomic E-state index is 12.1. The molecular weight excluding hydrogens is 350 g/mol. The number of aromatic nitrogens is 2. The number of nitrogens with zero attached hydrogens (tertiary/aromatic N) is 3. The third-order valence-electron chi connectivity index (χ3n) is 4.26. The molecule has 2 aromatic rings. The zero-order valence-electron chi connectivity index (χ0n) is 15.5. The van der Waals surface area contributed by atoms with E-state index in [0.717, 1.165) is 11.1 Å². The average molecular weight is 373 g/mol. The highest BCUT2D eigenvalue weighted by Crippen LogP contribution is 2.18. The highest BCUT2D eigenvalue weighted by Gasteiger charge is 2.22. The number of carbonyl (C=O) groups is 2. The number of morpholine rings is 1. The Balaban J connectivity index is 1.43. The molecule has 1 saturated heterocycles. The Labute approximate surface area is 157 Å². The lowest BCUT2D eigenvalue weighted by molar-refractivity contribution is -0.154. The van der Waals surface area contributed by atoms with Crippen molar-refractivity contribution in [1.82, 2.24) is 15.1 Å². The van der Waals surface area contributed by atoms with E-state index in [9.17, 15) is 9.59 Å². The molecule has 0 spiro atoms. The first-order valence-electron chi connectivity index (χ1n) is 8.95. The second-order valence-corrected chi connectivity index (χ2v) is 6.55. The van der Waals surface area contributed by atoms with Crippen LogP contribution in [0.2, 0.25) is 0 Å². The van der Waals surface area contributed by atoms with Crippen LogP contribution in [0.3, 0.4) is 0 Å². The molecule has 1 amide bonds. The molecule has 0 saturated carbocycles. The average Bonchev–Trinajstić information content (AvgIpc) is 3.14. The Hall–Kier alpha value is -2.74. The van der Waals surface area contributed by atoms with E-state index in [4.69, 9.17) is 13.9 Å². The van der Waals surface area contributed by atoms with Gasteiger partial charge in [0.1, 0.15) is 0 Å². The number of ether oxygens (including phenoxy) is 2. The van der Waals surface area contributed by atoms with Crippen LogP contribution in [0.1, 0.15) is 24.8 Å². The molecule has 1 aliphatic rings. The van der Waals surface area contributed by atoms with Gasteiger partial charge in [-0.05, 0) is 26.0 Å². The van der Waals surface area contributed by atoms with E-state index >= 15 is 0 Å². The summed E-state index contributed by atoms with van der Waals surface area (Å²) in [6.45, 7) is 5.18. The van der Waals surface area contributed by atoms with E-state index in [-0.39, 0.29) is 31.5 Å². The predicted molar refractivity (Wildman–Crippen MR) is 95.7 cm³/mol. The molecule has 0 radical (unpaired) electrons. The van der Waals surface area contributed by atoms with Crippen LogP contribution in [0.15, 0.2) is 28.7 Å². The number of rotatable bonds is 6. The van der Waals surface area contributed by atoms with Crippen LogP contribution in [0.5, 0.6) is 0 Å². The number of aryl methyl sites for hydroxylation is 2. The summed E-state index contributed by atoms with van der Waals surface area (Å²) in [5, 5.41) is 7.95. The van der Waals surface area contributed by atoms with Crippen molar-refractivity contribution in [2.45, 2.75) is 32.8 Å². The lowest BCUT2D eigenvalue weighted by Gasteiger charge is -2.30. The molecular formula is C19H23N3O5. The van der Waals surface area contributed by atoms with Crippen LogP contribution in [0, 0.1) is 6.92 Å². The predicted octanol–water partition coefficient (Wildman–Crippen LogP) is 1.77. The molecule has 1 aromatic heterocycles. The van der Waals surface area contributed by atoms with Crippen LogP contribution < -0.4 is 0 Å². The van der Waals surface area contributed by atoms with Gasteiger partial charge in [0.05, 0.1) is 19.1 Å². The summed E-state index contributed by atoms with van der Waals surface area (Å²) in [5.41, 5.74) is 1.97. The Bertz CT molecular complexity index is 787. The minimum atomic E-state index is -0.472. The van der Waals surface area contributed by atoms with Gasteiger partial charge >= 0.3 is 5.97 Å². The van der Waals surface area contributed by atoms with Gasteiger partial charge in [0.2, 0.25) is 11.8 Å². The van der Waals surface area contributed by atoms with Gasteiger partial charge in [-0.1, -0.05) is 17.7 Å². The van der Waals surface area contributed by atoms with E-state index in [0.29, 0.717) is 31.5 Å². The molecule has 3 rings (SSSR count). The number of hydrogen-bond acceptors (Lipinski definition) is 7. The monoisotopic (exact) mass is 373 g/mol. The molecule has 8 nitrogen and oxygen atoms in total. The van der Waals surface area contributed by atoms with Gasteiger partial charge in [0.15, 0.2) is 6.61 Å². The third-order valence-corrected chi connectivity index (χ3v) is 4.26. The number of carbonyl (C=O) groups excluding carboxylic acids is 2. The molecule has 1 atom stereocenters. The van der Waals surface area contributed by atoms with E-state index < -0.39 is 5.97 Å². The van der Waals surface area contributed by atoms with Gasteiger partial charge in [0, 0.05) is 25.1 Å². The topological polar surface area (TPSA) is 94.8 Å². The minimum Gasteiger partial charge on any atom is -0.456 e. The van der Waals surface area contributed by atoms with Crippen LogP contribution in [-0.2, 0) is 25.5 Å². The van der Waals surface area contributed by atoms with E-state index in [1.807, 2.05) is 38.1 Å². The summed E-state index contributed by atoms with van der Waals surface area (Å²) in [4.78, 5) is 25.6. The molecule has 0 N–H and O–H groups in total. The highest BCUT2D eigenvalue weighted by molar-refractivity contribution is 5.80. The van der Waals surface area contributed by atoms with Crippen LogP contribution >= 0.6 is 0 Å². The standard InChI is InChI=1S/C19H23N3O5/c1-13-3-5-15(6-4-13)19-21-20-16(27-19)7-8-18(24)26-12-17(23)22-9-10-25-14(2)11-22/h3-6,14H,7-12H2,1-2H3. The fraction of sp³-hybridized carbons (Fsp3) is 0.474. The zero-order chi connectivity index (χ0) is 19.2. The normalized spacial score (nSPS) is 17.0. The lowest BCUT2D eigenvalue weighted by Crippen LogP contribution is -2.46. The second kappa shape index (κ2) is 8.77. The minimum absolute atomic E-state index is 0.00125.